The van der Waals surface area contributed by atoms with E-state index in [4.69, 9.17) is 9.84 Å². The Kier molecular flexibility index (Phi) is 9.05. The van der Waals surface area contributed by atoms with Gasteiger partial charge in [0, 0.05) is 32.8 Å². The van der Waals surface area contributed by atoms with Crippen LogP contribution in [0.5, 0.6) is 5.75 Å². The number of fused-ring (bicyclic) bond motifs is 1. The second-order valence-corrected chi connectivity index (χ2v) is 10.8. The summed E-state index contributed by atoms with van der Waals surface area (Å²) in [5, 5.41) is 17.2. The van der Waals surface area contributed by atoms with E-state index in [1.807, 2.05) is 0 Å². The van der Waals surface area contributed by atoms with E-state index in [2.05, 4.69) is 14.9 Å². The summed E-state index contributed by atoms with van der Waals surface area (Å²) < 4.78 is 26.4. The van der Waals surface area contributed by atoms with Crippen molar-refractivity contribution in [1.82, 2.24) is 29.0 Å². The first-order valence-electron chi connectivity index (χ1n) is 12.9. The fourth-order valence-electron chi connectivity index (χ4n) is 4.96. The molecule has 1 unspecified atom stereocenters. The predicted octanol–water partition coefficient (Wildman–Crippen LogP) is 1.71. The van der Waals surface area contributed by atoms with Crippen LogP contribution in [0.15, 0.2) is 40.2 Å². The normalized spacial score (nSPS) is 16.8. The number of amides is 1. The Morgan fingerprint density at radius 3 is 2.44 bits per heavy atom. The van der Waals surface area contributed by atoms with Gasteiger partial charge in [-0.1, -0.05) is 11.3 Å². The summed E-state index contributed by atoms with van der Waals surface area (Å²) in [7, 11) is 4.70. The van der Waals surface area contributed by atoms with Crippen LogP contribution >= 0.6 is 11.3 Å². The predicted molar refractivity (Wildman–Crippen MR) is 152 cm³/mol. The zero-order chi connectivity index (χ0) is 29.9. The molecule has 5 rings (SSSR count). The Labute approximate surface area is 239 Å². The van der Waals surface area contributed by atoms with E-state index in [0.717, 1.165) is 4.57 Å². The van der Waals surface area contributed by atoms with Crippen molar-refractivity contribution in [1.29, 1.82) is 0 Å². The number of likely N-dealkylation sites (tertiary alicyclic amines) is 1. The summed E-state index contributed by atoms with van der Waals surface area (Å²) in [4.78, 5) is 44.2. The number of aryl methyl sites for hydroxylation is 3. The zero-order valence-corrected chi connectivity index (χ0v) is 24.4. The highest BCUT2D eigenvalue weighted by molar-refractivity contribution is 7.21. The first-order valence-corrected chi connectivity index (χ1v) is 13.7. The van der Waals surface area contributed by atoms with Crippen LogP contribution < -0.4 is 16.0 Å². The first-order chi connectivity index (χ1) is 19.6. The van der Waals surface area contributed by atoms with Crippen LogP contribution in [-0.4, -0.2) is 81.1 Å². The average molecular weight is 589 g/mol. The first kappa shape index (κ1) is 30.1. The van der Waals surface area contributed by atoms with Crippen LogP contribution in [0.25, 0.3) is 15.2 Å². The van der Waals surface area contributed by atoms with E-state index in [1.54, 1.807) is 28.0 Å². The quantitative estimate of drug-likeness (QED) is 0.329. The minimum absolute atomic E-state index is 0.122. The highest BCUT2D eigenvalue weighted by Crippen LogP contribution is 2.33. The van der Waals surface area contributed by atoms with Gasteiger partial charge in [0.1, 0.15) is 26.9 Å². The van der Waals surface area contributed by atoms with Crippen LogP contribution in [0, 0.1) is 12.7 Å². The van der Waals surface area contributed by atoms with Gasteiger partial charge in [0.25, 0.3) is 5.56 Å². The number of methoxy groups -OCH3 is 2. The maximum absolute atomic E-state index is 14.0. The number of likely N-dealkylation sites (N-methyl/N-ethyl adjacent to an activating group) is 1. The Morgan fingerprint density at radius 1 is 1.17 bits per heavy atom. The van der Waals surface area contributed by atoms with E-state index in [9.17, 15) is 18.8 Å². The molecule has 1 N–H and O–H groups in total. The van der Waals surface area contributed by atoms with Gasteiger partial charge < -0.3 is 19.5 Å². The monoisotopic (exact) mass is 588 g/mol. The summed E-state index contributed by atoms with van der Waals surface area (Å²) in [5.74, 6) is -0.210. The van der Waals surface area contributed by atoms with Crippen LogP contribution in [0.1, 0.15) is 24.5 Å². The molecule has 1 aliphatic heterocycles. The number of halogens is 1. The van der Waals surface area contributed by atoms with Crippen LogP contribution in [0.3, 0.4) is 0 Å². The lowest BCUT2D eigenvalue weighted by Crippen LogP contribution is -2.53. The lowest BCUT2D eigenvalue weighted by molar-refractivity contribution is -0.133. The molecule has 0 bridgehead atoms. The molecule has 14 heteroatoms. The number of carbonyl (C=O) groups excluding carboxylic acids is 1. The van der Waals surface area contributed by atoms with Crippen molar-refractivity contribution >= 4 is 27.5 Å². The number of carbonyl (C=O) groups is 1. The molecule has 1 atom stereocenters. The fraction of sp³-hybridized carbons (Fsp3) is 0.444. The van der Waals surface area contributed by atoms with Gasteiger partial charge in [-0.25, -0.2) is 13.8 Å². The largest absolute Gasteiger partial charge is 0.496 e. The van der Waals surface area contributed by atoms with Crippen LogP contribution in [-0.2, 0) is 28.0 Å². The fourth-order valence-corrected chi connectivity index (χ4v) is 6.19. The molecular weight excluding hydrogens is 555 g/mol. The SMILES string of the molecule is COCCO.COc1ccc(F)cc1CCn1c(=O)n(C2(C)CCN(C)C2=O)c(=O)c2c(C)c(-n3nccn3)sc21. The van der Waals surface area contributed by atoms with E-state index in [0.29, 0.717) is 51.7 Å². The lowest BCUT2D eigenvalue weighted by Gasteiger charge is -2.25. The minimum Gasteiger partial charge on any atom is -0.496 e. The topological polar surface area (TPSA) is 134 Å². The third-order valence-electron chi connectivity index (χ3n) is 7.17. The van der Waals surface area contributed by atoms with Gasteiger partial charge in [0.15, 0.2) is 0 Å². The van der Waals surface area contributed by atoms with Crippen molar-refractivity contribution in [2.75, 3.05) is 41.0 Å². The van der Waals surface area contributed by atoms with E-state index in [1.165, 1.54) is 63.3 Å². The molecule has 3 aromatic heterocycles. The van der Waals surface area contributed by atoms with E-state index in [-0.39, 0.29) is 25.5 Å². The van der Waals surface area contributed by atoms with Gasteiger partial charge in [-0.2, -0.15) is 10.2 Å². The Hall–Kier alpha value is -3.88. The smallest absolute Gasteiger partial charge is 0.333 e. The molecule has 4 heterocycles. The number of hydrogen-bond acceptors (Lipinski definition) is 9. The Morgan fingerprint density at radius 2 is 1.88 bits per heavy atom. The van der Waals surface area contributed by atoms with Crippen LogP contribution in [0.2, 0.25) is 0 Å². The second-order valence-electron chi connectivity index (χ2n) is 9.78. The third-order valence-corrected chi connectivity index (χ3v) is 8.45. The van der Waals surface area contributed by atoms with Crippen molar-refractivity contribution < 1.29 is 23.8 Å². The number of nitrogens with zero attached hydrogens (tertiary/aromatic N) is 6. The molecule has 41 heavy (non-hydrogen) atoms. The number of hydrogen-bond donors (Lipinski definition) is 1. The molecule has 0 saturated carbocycles. The Bertz CT molecular complexity index is 1660. The summed E-state index contributed by atoms with van der Waals surface area (Å²) >= 11 is 1.22. The summed E-state index contributed by atoms with van der Waals surface area (Å²) in [6, 6.07) is 4.21. The van der Waals surface area contributed by atoms with Crippen molar-refractivity contribution in [3.63, 3.8) is 0 Å². The number of ether oxygens (including phenoxy) is 2. The summed E-state index contributed by atoms with van der Waals surface area (Å²) in [5.41, 5.74) is -1.22. The molecule has 12 nitrogen and oxygen atoms in total. The highest BCUT2D eigenvalue weighted by Gasteiger charge is 2.45. The molecular formula is C27H33FN6O6S. The van der Waals surface area contributed by atoms with Crippen molar-refractivity contribution in [2.24, 2.45) is 0 Å². The van der Waals surface area contributed by atoms with E-state index < -0.39 is 22.6 Å². The van der Waals surface area contributed by atoms with Gasteiger partial charge >= 0.3 is 5.69 Å². The van der Waals surface area contributed by atoms with E-state index >= 15 is 0 Å². The summed E-state index contributed by atoms with van der Waals surface area (Å²) in [6.07, 6.45) is 3.65. The van der Waals surface area contributed by atoms with Crippen LogP contribution in [0.4, 0.5) is 4.39 Å². The number of rotatable bonds is 8. The number of benzene rings is 1. The van der Waals surface area contributed by atoms with Gasteiger partial charge in [-0.15, -0.1) is 4.80 Å². The molecule has 0 aliphatic carbocycles. The molecule has 1 saturated heterocycles. The van der Waals surface area contributed by atoms with Crippen molar-refractivity contribution in [3.05, 3.63) is 68.4 Å². The maximum Gasteiger partial charge on any atom is 0.333 e. The number of thiophene rings is 1. The molecule has 1 aliphatic rings. The van der Waals surface area contributed by atoms with Gasteiger partial charge in [-0.05, 0) is 50.5 Å². The Balaban J connectivity index is 0.000000714. The number of aromatic nitrogens is 5. The van der Waals surface area contributed by atoms with Crippen molar-refractivity contribution in [3.8, 4) is 10.8 Å². The molecule has 4 aromatic rings. The zero-order valence-electron chi connectivity index (χ0n) is 23.6. The number of aliphatic hydroxyl groups excluding tert-OH is 1. The molecule has 0 spiro atoms. The van der Waals surface area contributed by atoms with Crippen molar-refractivity contribution in [2.45, 2.75) is 38.8 Å². The van der Waals surface area contributed by atoms with Gasteiger partial charge in [-0.3, -0.25) is 14.2 Å². The molecule has 1 amide bonds. The maximum atomic E-state index is 14.0. The molecule has 0 radical (unpaired) electrons. The van der Waals surface area contributed by atoms with Gasteiger partial charge in [0.2, 0.25) is 5.91 Å². The minimum atomic E-state index is -1.31. The average Bonchev–Trinajstić information content (AvgIpc) is 3.66. The summed E-state index contributed by atoms with van der Waals surface area (Å²) in [6.45, 7) is 4.55. The highest BCUT2D eigenvalue weighted by atomic mass is 32.1. The lowest BCUT2D eigenvalue weighted by atomic mass is 10.00. The second kappa shape index (κ2) is 12.3. The molecule has 220 valence electrons. The number of aliphatic hydroxyl groups is 1. The van der Waals surface area contributed by atoms with Gasteiger partial charge in [0.05, 0.1) is 38.1 Å². The standard InChI is InChI=1S/C24H25FN6O4S.C3H8O2/c1-14-18-19(32)30(24(2)8-12-28(3)22(24)33)23(34)29(21(18)36-20(14)31-26-9-10-27-31)11-7-15-13-16(25)5-6-17(15)35-4;1-5-3-2-4/h5-6,9-10,13H,7-8,11-12H2,1-4H3;4H,2-3H2,1H3. The molecule has 1 aromatic carbocycles. The molecule has 1 fully saturated rings. The third kappa shape index (κ3) is 5.54.